The van der Waals surface area contributed by atoms with Crippen molar-refractivity contribution >= 4 is 16.7 Å². The van der Waals surface area contributed by atoms with Crippen LogP contribution in [0.25, 0.3) is 10.8 Å². The minimum absolute atomic E-state index is 0.115. The van der Waals surface area contributed by atoms with Crippen LogP contribution < -0.4 is 14.8 Å². The molecule has 0 aromatic heterocycles. The molecular weight excluding hydrogens is 326 g/mol. The number of nitrogens with one attached hydrogen (secondary N) is 1. The Morgan fingerprint density at radius 1 is 0.885 bits per heavy atom. The van der Waals surface area contributed by atoms with Crippen molar-refractivity contribution in [3.05, 3.63) is 72.3 Å². The number of ether oxygens (including phenoxy) is 2. The molecule has 4 nitrogen and oxygen atoms in total. The second kappa shape index (κ2) is 7.91. The van der Waals surface area contributed by atoms with Gasteiger partial charge in [-0.1, -0.05) is 42.5 Å². The largest absolute Gasteiger partial charge is 0.497 e. The summed E-state index contributed by atoms with van der Waals surface area (Å²) in [5, 5.41) is 5.22. The molecule has 0 bridgehead atoms. The molecule has 3 aromatic rings. The Kier molecular flexibility index (Phi) is 5.42. The second-order valence-electron chi connectivity index (χ2n) is 6.27. The molecule has 3 rings (SSSR count). The highest BCUT2D eigenvalue weighted by molar-refractivity contribution is 5.84. The Balaban J connectivity index is 1.62. The number of carbonyl (C=O) groups is 1. The van der Waals surface area contributed by atoms with Gasteiger partial charge in [-0.05, 0) is 54.4 Å². The Morgan fingerprint density at radius 2 is 1.54 bits per heavy atom. The van der Waals surface area contributed by atoms with E-state index in [1.165, 1.54) is 0 Å². The van der Waals surface area contributed by atoms with Gasteiger partial charge >= 0.3 is 0 Å². The Bertz CT molecular complexity index is 889. The van der Waals surface area contributed by atoms with Crippen LogP contribution >= 0.6 is 0 Å². The van der Waals surface area contributed by atoms with Gasteiger partial charge in [0, 0.05) is 0 Å². The van der Waals surface area contributed by atoms with Crippen LogP contribution in [-0.4, -0.2) is 19.1 Å². The number of methoxy groups -OCH3 is 1. The molecule has 1 amide bonds. The van der Waals surface area contributed by atoms with E-state index in [0.29, 0.717) is 5.75 Å². The molecule has 134 valence electrons. The van der Waals surface area contributed by atoms with Crippen molar-refractivity contribution in [2.24, 2.45) is 0 Å². The van der Waals surface area contributed by atoms with Gasteiger partial charge in [0.2, 0.25) is 0 Å². The van der Waals surface area contributed by atoms with Crippen LogP contribution in [0.1, 0.15) is 25.5 Å². The molecule has 0 aliphatic rings. The molecule has 0 saturated heterocycles. The molecule has 2 atom stereocenters. The minimum atomic E-state index is -0.586. The number of carbonyl (C=O) groups excluding carboxylic acids is 1. The van der Waals surface area contributed by atoms with Crippen LogP contribution in [0.5, 0.6) is 11.5 Å². The van der Waals surface area contributed by atoms with E-state index in [0.717, 1.165) is 22.1 Å². The van der Waals surface area contributed by atoms with Crippen LogP contribution in [0.15, 0.2) is 66.7 Å². The first-order valence-corrected chi connectivity index (χ1v) is 8.66. The third-order valence-electron chi connectivity index (χ3n) is 4.38. The summed E-state index contributed by atoms with van der Waals surface area (Å²) in [6.45, 7) is 3.70. The molecule has 0 saturated carbocycles. The van der Waals surface area contributed by atoms with Crippen LogP contribution in [0.4, 0.5) is 0 Å². The lowest BCUT2D eigenvalue weighted by Crippen LogP contribution is -2.37. The van der Waals surface area contributed by atoms with Gasteiger partial charge in [0.1, 0.15) is 11.5 Å². The summed E-state index contributed by atoms with van der Waals surface area (Å²) in [6.07, 6.45) is -0.586. The maximum Gasteiger partial charge on any atom is 0.261 e. The van der Waals surface area contributed by atoms with E-state index in [-0.39, 0.29) is 11.9 Å². The van der Waals surface area contributed by atoms with Gasteiger partial charge in [0.25, 0.3) is 5.91 Å². The van der Waals surface area contributed by atoms with Crippen molar-refractivity contribution in [1.82, 2.24) is 5.32 Å². The number of fused-ring (bicyclic) bond motifs is 1. The SMILES string of the molecule is COc1ccc([C@H](C)NC(=O)[C@@H](C)Oc2ccc3ccccc3c2)cc1. The van der Waals surface area contributed by atoms with E-state index in [2.05, 4.69) is 5.32 Å². The molecule has 3 aromatic carbocycles. The minimum Gasteiger partial charge on any atom is -0.497 e. The van der Waals surface area contributed by atoms with Gasteiger partial charge in [-0.3, -0.25) is 4.79 Å². The quantitative estimate of drug-likeness (QED) is 0.713. The van der Waals surface area contributed by atoms with Gasteiger partial charge in [-0.15, -0.1) is 0 Å². The molecule has 1 N–H and O–H groups in total. The molecule has 26 heavy (non-hydrogen) atoms. The standard InChI is InChI=1S/C22H23NO3/c1-15(17-8-11-20(25-3)12-9-17)23-22(24)16(2)26-21-13-10-18-6-4-5-7-19(18)14-21/h4-16H,1-3H3,(H,23,24)/t15-,16+/m0/s1. The summed E-state index contributed by atoms with van der Waals surface area (Å²) in [6, 6.07) is 21.4. The third-order valence-corrected chi connectivity index (χ3v) is 4.38. The van der Waals surface area contributed by atoms with Crippen molar-refractivity contribution in [1.29, 1.82) is 0 Å². The molecule has 0 radical (unpaired) electrons. The second-order valence-corrected chi connectivity index (χ2v) is 6.27. The van der Waals surface area contributed by atoms with Gasteiger partial charge in [0.15, 0.2) is 6.10 Å². The molecular formula is C22H23NO3. The van der Waals surface area contributed by atoms with Gasteiger partial charge in [-0.2, -0.15) is 0 Å². The maximum absolute atomic E-state index is 12.5. The zero-order valence-corrected chi connectivity index (χ0v) is 15.2. The van der Waals surface area contributed by atoms with Crippen LogP contribution in [0, 0.1) is 0 Å². The first-order chi connectivity index (χ1) is 12.6. The fourth-order valence-electron chi connectivity index (χ4n) is 2.81. The van der Waals surface area contributed by atoms with Crippen LogP contribution in [-0.2, 0) is 4.79 Å². The van der Waals surface area contributed by atoms with E-state index in [1.54, 1.807) is 14.0 Å². The molecule has 0 unspecified atom stereocenters. The predicted molar refractivity (Wildman–Crippen MR) is 104 cm³/mol. The molecule has 0 fully saturated rings. The fourth-order valence-corrected chi connectivity index (χ4v) is 2.81. The zero-order chi connectivity index (χ0) is 18.5. The molecule has 4 heteroatoms. The van der Waals surface area contributed by atoms with Gasteiger partial charge < -0.3 is 14.8 Å². The van der Waals surface area contributed by atoms with Crippen molar-refractivity contribution < 1.29 is 14.3 Å². The third kappa shape index (κ3) is 4.14. The highest BCUT2D eigenvalue weighted by Crippen LogP contribution is 2.22. The van der Waals surface area contributed by atoms with E-state index >= 15 is 0 Å². The Hall–Kier alpha value is -3.01. The fraction of sp³-hybridized carbons (Fsp3) is 0.227. The highest BCUT2D eigenvalue weighted by Gasteiger charge is 2.18. The molecule has 0 aliphatic carbocycles. The lowest BCUT2D eigenvalue weighted by Gasteiger charge is -2.19. The van der Waals surface area contributed by atoms with Gasteiger partial charge in [-0.25, -0.2) is 0 Å². The normalized spacial score (nSPS) is 13.0. The Morgan fingerprint density at radius 3 is 2.23 bits per heavy atom. The Labute approximate surface area is 153 Å². The van der Waals surface area contributed by atoms with Crippen molar-refractivity contribution in [2.75, 3.05) is 7.11 Å². The van der Waals surface area contributed by atoms with E-state index in [9.17, 15) is 4.79 Å². The van der Waals surface area contributed by atoms with Crippen LogP contribution in [0.3, 0.4) is 0 Å². The zero-order valence-electron chi connectivity index (χ0n) is 15.2. The topological polar surface area (TPSA) is 47.6 Å². The molecule has 0 spiro atoms. The lowest BCUT2D eigenvalue weighted by atomic mass is 10.1. The molecule has 0 heterocycles. The van der Waals surface area contributed by atoms with Crippen LogP contribution in [0.2, 0.25) is 0 Å². The first-order valence-electron chi connectivity index (χ1n) is 8.66. The number of rotatable bonds is 6. The number of benzene rings is 3. The lowest BCUT2D eigenvalue weighted by molar-refractivity contribution is -0.127. The average Bonchev–Trinajstić information content (AvgIpc) is 2.67. The number of hydrogen-bond acceptors (Lipinski definition) is 3. The monoisotopic (exact) mass is 349 g/mol. The van der Waals surface area contributed by atoms with Crippen molar-refractivity contribution in [3.63, 3.8) is 0 Å². The summed E-state index contributed by atoms with van der Waals surface area (Å²) >= 11 is 0. The maximum atomic E-state index is 12.5. The molecule has 0 aliphatic heterocycles. The number of hydrogen-bond donors (Lipinski definition) is 1. The van der Waals surface area contributed by atoms with E-state index in [4.69, 9.17) is 9.47 Å². The summed E-state index contributed by atoms with van der Waals surface area (Å²) in [5.41, 5.74) is 1.01. The first kappa shape index (κ1) is 17.8. The summed E-state index contributed by atoms with van der Waals surface area (Å²) < 4.78 is 11.0. The van der Waals surface area contributed by atoms with Crippen molar-refractivity contribution in [2.45, 2.75) is 26.0 Å². The predicted octanol–water partition coefficient (Wildman–Crippen LogP) is 4.49. The summed E-state index contributed by atoms with van der Waals surface area (Å²) in [7, 11) is 1.63. The average molecular weight is 349 g/mol. The van der Waals surface area contributed by atoms with E-state index in [1.807, 2.05) is 73.7 Å². The smallest absolute Gasteiger partial charge is 0.261 e. The number of amides is 1. The highest BCUT2D eigenvalue weighted by atomic mass is 16.5. The summed E-state index contributed by atoms with van der Waals surface area (Å²) in [4.78, 5) is 12.5. The summed E-state index contributed by atoms with van der Waals surface area (Å²) in [5.74, 6) is 1.32. The van der Waals surface area contributed by atoms with Crippen molar-refractivity contribution in [3.8, 4) is 11.5 Å². The van der Waals surface area contributed by atoms with E-state index < -0.39 is 6.10 Å². The van der Waals surface area contributed by atoms with Gasteiger partial charge in [0.05, 0.1) is 13.2 Å².